The highest BCUT2D eigenvalue weighted by molar-refractivity contribution is 9.09. The molecule has 1 aromatic rings. The lowest BCUT2D eigenvalue weighted by molar-refractivity contribution is -0.220. The third-order valence-corrected chi connectivity index (χ3v) is 11.4. The molecule has 0 radical (unpaired) electrons. The molecule has 1 N–H and O–H groups in total. The molecule has 0 spiro atoms. The molecule has 4 fully saturated rings. The van der Waals surface area contributed by atoms with Crippen molar-refractivity contribution in [2.45, 2.75) is 94.8 Å². The number of hydrogen-bond acceptors (Lipinski definition) is 5. The Hall–Kier alpha value is -1.40. The van der Waals surface area contributed by atoms with Crippen LogP contribution < -0.4 is 0 Å². The third-order valence-electron chi connectivity index (χ3n) is 10.3. The Morgan fingerprint density at radius 3 is 2.44 bits per heavy atom. The highest BCUT2D eigenvalue weighted by Gasteiger charge is 2.67. The van der Waals surface area contributed by atoms with E-state index >= 15 is 0 Å². The van der Waals surface area contributed by atoms with E-state index < -0.39 is 5.60 Å². The normalized spacial score (nSPS) is 45.4. The first kappa shape index (κ1) is 24.3. The zero-order valence-electron chi connectivity index (χ0n) is 20.5. The summed E-state index contributed by atoms with van der Waals surface area (Å²) in [5, 5.41) is 12.0. The largest absolute Gasteiger partial charge is 0.462 e. The first-order valence-electron chi connectivity index (χ1n) is 12.9. The summed E-state index contributed by atoms with van der Waals surface area (Å²) in [7, 11) is 0. The zero-order chi connectivity index (χ0) is 24.3. The first-order chi connectivity index (χ1) is 16.1. The van der Waals surface area contributed by atoms with Crippen LogP contribution in [0.5, 0.6) is 0 Å². The van der Waals surface area contributed by atoms with E-state index in [0.717, 1.165) is 44.9 Å². The van der Waals surface area contributed by atoms with E-state index in [1.54, 1.807) is 0 Å². The van der Waals surface area contributed by atoms with E-state index in [1.807, 2.05) is 30.3 Å². The van der Waals surface area contributed by atoms with Crippen molar-refractivity contribution in [3.05, 3.63) is 35.9 Å². The van der Waals surface area contributed by atoms with E-state index in [9.17, 15) is 14.7 Å². The summed E-state index contributed by atoms with van der Waals surface area (Å²) < 4.78 is 11.7. The van der Waals surface area contributed by atoms with Crippen LogP contribution in [0.2, 0.25) is 0 Å². The molecule has 9 atom stereocenters. The molecule has 34 heavy (non-hydrogen) atoms. The Labute approximate surface area is 211 Å². The van der Waals surface area contributed by atoms with Gasteiger partial charge >= 0.3 is 11.9 Å². The van der Waals surface area contributed by atoms with Gasteiger partial charge in [0.05, 0.1) is 11.2 Å². The molecular weight excluding hydrogens is 496 g/mol. The van der Waals surface area contributed by atoms with Crippen LogP contribution >= 0.6 is 15.9 Å². The maximum Gasteiger partial charge on any atom is 0.338 e. The summed E-state index contributed by atoms with van der Waals surface area (Å²) in [6.45, 7) is 6.05. The molecule has 4 aliphatic rings. The number of carbonyl (C=O) groups is 2. The van der Waals surface area contributed by atoms with Crippen molar-refractivity contribution < 1.29 is 24.2 Å². The maximum atomic E-state index is 12.8. The van der Waals surface area contributed by atoms with Gasteiger partial charge in [-0.1, -0.05) is 48.0 Å². The number of alkyl halides is 1. The lowest BCUT2D eigenvalue weighted by atomic mass is 9.43. The van der Waals surface area contributed by atoms with Crippen molar-refractivity contribution in [2.75, 3.05) is 0 Å². The number of hydrogen-bond donors (Lipinski definition) is 1. The monoisotopic (exact) mass is 532 g/mol. The van der Waals surface area contributed by atoms with Crippen LogP contribution in [0.1, 0.15) is 82.5 Å². The molecule has 5 nitrogen and oxygen atoms in total. The minimum atomic E-state index is -0.891. The highest BCUT2D eigenvalue weighted by Crippen LogP contribution is 2.68. The van der Waals surface area contributed by atoms with Crippen molar-refractivity contribution in [1.82, 2.24) is 0 Å². The molecule has 0 aliphatic heterocycles. The van der Waals surface area contributed by atoms with E-state index in [-0.39, 0.29) is 39.8 Å². The molecule has 1 aromatic carbocycles. The van der Waals surface area contributed by atoms with Gasteiger partial charge in [-0.05, 0) is 74.8 Å². The minimum absolute atomic E-state index is 0.0287. The second-order valence-electron chi connectivity index (χ2n) is 11.8. The van der Waals surface area contributed by atoms with Gasteiger partial charge in [0.15, 0.2) is 0 Å². The average molecular weight is 534 g/mol. The predicted molar refractivity (Wildman–Crippen MR) is 132 cm³/mol. The number of carbonyl (C=O) groups excluding carboxylic acids is 2. The molecule has 4 aliphatic carbocycles. The molecule has 186 valence electrons. The van der Waals surface area contributed by atoms with E-state index in [4.69, 9.17) is 9.47 Å². The van der Waals surface area contributed by atoms with Crippen LogP contribution in [0.25, 0.3) is 0 Å². The lowest BCUT2D eigenvalue weighted by Crippen LogP contribution is -2.67. The van der Waals surface area contributed by atoms with Crippen LogP contribution in [-0.2, 0) is 14.3 Å². The average Bonchev–Trinajstić information content (AvgIpc) is 3.12. The predicted octanol–water partition coefficient (Wildman–Crippen LogP) is 5.67. The smallest absolute Gasteiger partial charge is 0.338 e. The topological polar surface area (TPSA) is 72.8 Å². The molecular formula is C28H37BrO5. The van der Waals surface area contributed by atoms with Crippen molar-refractivity contribution in [2.24, 2.45) is 28.6 Å². The lowest BCUT2D eigenvalue weighted by Gasteiger charge is -2.65. The van der Waals surface area contributed by atoms with Crippen LogP contribution in [-0.4, -0.2) is 39.7 Å². The highest BCUT2D eigenvalue weighted by atomic mass is 79.9. The molecule has 6 unspecified atom stereocenters. The SMILES string of the molecule is CC(=O)OC1CC[C@]2(C)C3CC[C@@]4(C)C(OC(=O)c5ccccc5)CCC4C3CC(Br)[C@]2(O)C1. The van der Waals surface area contributed by atoms with E-state index in [0.29, 0.717) is 29.7 Å². The number of rotatable bonds is 3. The van der Waals surface area contributed by atoms with Gasteiger partial charge in [-0.3, -0.25) is 4.79 Å². The van der Waals surface area contributed by atoms with Gasteiger partial charge in [-0.25, -0.2) is 4.79 Å². The molecule has 4 saturated carbocycles. The Morgan fingerprint density at radius 2 is 1.74 bits per heavy atom. The number of fused-ring (bicyclic) bond motifs is 5. The molecule has 0 bridgehead atoms. The summed E-state index contributed by atoms with van der Waals surface area (Å²) in [6, 6.07) is 9.29. The van der Waals surface area contributed by atoms with Crippen molar-refractivity contribution >= 4 is 27.9 Å². The fourth-order valence-corrected chi connectivity index (χ4v) is 9.59. The quantitative estimate of drug-likeness (QED) is 0.400. The van der Waals surface area contributed by atoms with Crippen molar-refractivity contribution in [3.63, 3.8) is 0 Å². The molecule has 0 aromatic heterocycles. The van der Waals surface area contributed by atoms with Crippen molar-refractivity contribution in [1.29, 1.82) is 0 Å². The number of halogens is 1. The summed E-state index contributed by atoms with van der Waals surface area (Å²) in [6.07, 6.45) is 6.82. The van der Waals surface area contributed by atoms with Crippen LogP contribution in [0.15, 0.2) is 30.3 Å². The zero-order valence-corrected chi connectivity index (χ0v) is 22.1. The molecule has 0 amide bonds. The molecule has 5 rings (SSSR count). The van der Waals surface area contributed by atoms with Gasteiger partial charge in [-0.15, -0.1) is 0 Å². The van der Waals surface area contributed by atoms with Gasteiger partial charge < -0.3 is 14.6 Å². The van der Waals surface area contributed by atoms with Crippen LogP contribution in [0, 0.1) is 28.6 Å². The summed E-state index contributed by atoms with van der Waals surface area (Å²) in [5.41, 5.74) is -0.526. The Morgan fingerprint density at radius 1 is 1.00 bits per heavy atom. The first-order valence-corrected chi connectivity index (χ1v) is 13.8. The minimum Gasteiger partial charge on any atom is -0.462 e. The van der Waals surface area contributed by atoms with Gasteiger partial charge in [-0.2, -0.15) is 0 Å². The third kappa shape index (κ3) is 3.66. The molecule has 0 saturated heterocycles. The second kappa shape index (κ2) is 8.62. The van der Waals surface area contributed by atoms with Crippen LogP contribution in [0.4, 0.5) is 0 Å². The fraction of sp³-hybridized carbons (Fsp3) is 0.714. The molecule has 0 heterocycles. The maximum absolute atomic E-state index is 12.8. The van der Waals surface area contributed by atoms with Gasteiger partial charge in [0.2, 0.25) is 0 Å². The summed E-state index contributed by atoms with van der Waals surface area (Å²) >= 11 is 3.90. The molecule has 6 heteroatoms. The Balaban J connectivity index is 1.36. The van der Waals surface area contributed by atoms with Gasteiger partial charge in [0.25, 0.3) is 0 Å². The number of aliphatic hydroxyl groups is 1. The Bertz CT molecular complexity index is 951. The number of esters is 2. The Kier molecular flexibility index (Phi) is 6.16. The fourth-order valence-electron chi connectivity index (χ4n) is 8.45. The standard InChI is InChI=1S/C28H37BrO5/c1-17(30)33-19-11-14-27(3)22-12-13-26(2)21(20(22)15-23(29)28(27,32)16-19)9-10-24(26)34-25(31)18-7-5-4-6-8-18/h4-8,19-24,32H,9-16H2,1-3H3/t19?,20?,21?,22?,23?,24?,26-,27-,28-/m1/s1. The van der Waals surface area contributed by atoms with Gasteiger partial charge in [0.1, 0.15) is 12.2 Å². The summed E-state index contributed by atoms with van der Waals surface area (Å²) in [5.74, 6) is 0.895. The summed E-state index contributed by atoms with van der Waals surface area (Å²) in [4.78, 5) is 24.4. The van der Waals surface area contributed by atoms with Crippen LogP contribution in [0.3, 0.4) is 0 Å². The number of benzene rings is 1. The van der Waals surface area contributed by atoms with E-state index in [2.05, 4.69) is 29.8 Å². The second-order valence-corrected chi connectivity index (χ2v) is 12.9. The van der Waals surface area contributed by atoms with Gasteiger partial charge in [0, 0.05) is 29.0 Å². The number of ether oxygens (including phenoxy) is 2. The van der Waals surface area contributed by atoms with E-state index in [1.165, 1.54) is 6.92 Å². The van der Waals surface area contributed by atoms with Crippen molar-refractivity contribution in [3.8, 4) is 0 Å².